The standard InChI is InChI=1S/C28H24Cl2FN5O3S/c1-17(24-5-3-4-12-32-24)33-28(37)26-22-16-35(40(2,38)39)15-19(13-18-6-9-21(31)10-7-18)27(22)36(34-26)25-11-8-20(29)14-23(25)30/h3-14,17H,15-16H2,1-2H3,(H,33,37)/b19-13+/t17-/m1/s1. The zero-order valence-corrected chi connectivity index (χ0v) is 23.8. The number of carbonyl (C=O) groups is 1. The van der Waals surface area contributed by atoms with Gasteiger partial charge in [0.2, 0.25) is 10.0 Å². The molecule has 0 radical (unpaired) electrons. The second-order valence-electron chi connectivity index (χ2n) is 9.39. The average molecular weight is 601 g/mol. The molecule has 5 rings (SSSR count). The van der Waals surface area contributed by atoms with Gasteiger partial charge < -0.3 is 5.32 Å². The number of benzene rings is 2. The van der Waals surface area contributed by atoms with E-state index in [4.69, 9.17) is 23.2 Å². The molecule has 1 N–H and O–H groups in total. The summed E-state index contributed by atoms with van der Waals surface area (Å²) in [5.41, 5.74) is 3.26. The Morgan fingerprint density at radius 1 is 1.10 bits per heavy atom. The highest BCUT2D eigenvalue weighted by molar-refractivity contribution is 7.88. The summed E-state index contributed by atoms with van der Waals surface area (Å²) in [6.45, 7) is 1.72. The molecule has 1 atom stereocenters. The molecule has 0 unspecified atom stereocenters. The van der Waals surface area contributed by atoms with Gasteiger partial charge in [0.1, 0.15) is 5.82 Å². The number of amides is 1. The van der Waals surface area contributed by atoms with Crippen LogP contribution in [0.4, 0.5) is 4.39 Å². The Morgan fingerprint density at radius 2 is 1.85 bits per heavy atom. The monoisotopic (exact) mass is 599 g/mol. The van der Waals surface area contributed by atoms with Crippen LogP contribution in [0.2, 0.25) is 10.0 Å². The van der Waals surface area contributed by atoms with Gasteiger partial charge in [0.25, 0.3) is 5.91 Å². The number of sulfonamides is 1. The first-order valence-corrected chi connectivity index (χ1v) is 14.8. The Labute approximate surface area is 241 Å². The molecule has 0 saturated carbocycles. The van der Waals surface area contributed by atoms with Gasteiger partial charge in [0.05, 0.1) is 34.4 Å². The quantitative estimate of drug-likeness (QED) is 0.315. The van der Waals surface area contributed by atoms with Gasteiger partial charge in [-0.2, -0.15) is 9.40 Å². The first-order chi connectivity index (χ1) is 19.0. The van der Waals surface area contributed by atoms with E-state index in [9.17, 15) is 17.6 Å². The van der Waals surface area contributed by atoms with Gasteiger partial charge in [-0.15, -0.1) is 0 Å². The van der Waals surface area contributed by atoms with Gasteiger partial charge in [0.15, 0.2) is 5.69 Å². The third kappa shape index (κ3) is 5.80. The van der Waals surface area contributed by atoms with Crippen molar-refractivity contribution < 1.29 is 17.6 Å². The molecule has 12 heteroatoms. The van der Waals surface area contributed by atoms with Gasteiger partial charge in [-0.25, -0.2) is 17.5 Å². The molecule has 0 aliphatic carbocycles. The van der Waals surface area contributed by atoms with E-state index in [1.165, 1.54) is 21.1 Å². The normalized spacial score (nSPS) is 15.6. The lowest BCUT2D eigenvalue weighted by atomic mass is 9.98. The first kappa shape index (κ1) is 28.0. The second kappa shape index (κ2) is 11.1. The number of carbonyl (C=O) groups excluding carboxylic acids is 1. The van der Waals surface area contributed by atoms with Crippen LogP contribution in [0.3, 0.4) is 0 Å². The number of nitrogens with one attached hydrogen (secondary N) is 1. The minimum absolute atomic E-state index is 0.00547. The smallest absolute Gasteiger partial charge is 0.272 e. The molecule has 8 nitrogen and oxygen atoms in total. The molecule has 2 aromatic carbocycles. The van der Waals surface area contributed by atoms with Crippen LogP contribution in [0.25, 0.3) is 17.3 Å². The molecule has 1 amide bonds. The van der Waals surface area contributed by atoms with Crippen molar-refractivity contribution in [2.75, 3.05) is 12.8 Å². The topological polar surface area (TPSA) is 97.2 Å². The largest absolute Gasteiger partial charge is 0.343 e. The van der Waals surface area contributed by atoms with Crippen LogP contribution >= 0.6 is 23.2 Å². The number of pyridine rings is 1. The summed E-state index contributed by atoms with van der Waals surface area (Å²) in [7, 11) is -3.67. The Kier molecular flexibility index (Phi) is 7.78. The lowest BCUT2D eigenvalue weighted by Gasteiger charge is -2.28. The van der Waals surface area contributed by atoms with Crippen molar-refractivity contribution in [3.63, 3.8) is 0 Å². The van der Waals surface area contributed by atoms with Crippen molar-refractivity contribution in [1.29, 1.82) is 0 Å². The molecule has 0 fully saturated rings. The molecule has 0 saturated heterocycles. The van der Waals surface area contributed by atoms with Gasteiger partial charge >= 0.3 is 0 Å². The Hall–Kier alpha value is -3.57. The molecular weight excluding hydrogens is 576 g/mol. The van der Waals surface area contributed by atoms with Crippen molar-refractivity contribution in [2.24, 2.45) is 0 Å². The molecule has 4 aromatic rings. The van der Waals surface area contributed by atoms with Crippen LogP contribution in [0, 0.1) is 5.82 Å². The lowest BCUT2D eigenvalue weighted by molar-refractivity contribution is 0.0932. The van der Waals surface area contributed by atoms with E-state index in [2.05, 4.69) is 15.4 Å². The van der Waals surface area contributed by atoms with Crippen LogP contribution in [-0.2, 0) is 16.6 Å². The van der Waals surface area contributed by atoms with Crippen LogP contribution < -0.4 is 5.32 Å². The minimum Gasteiger partial charge on any atom is -0.343 e. The van der Waals surface area contributed by atoms with E-state index in [0.717, 1.165) is 6.26 Å². The molecule has 2 aromatic heterocycles. The third-order valence-electron chi connectivity index (χ3n) is 6.48. The summed E-state index contributed by atoms with van der Waals surface area (Å²) in [6, 6.07) is 15.6. The number of nitrogens with zero attached hydrogens (tertiary/aromatic N) is 4. The molecule has 1 aliphatic rings. The number of fused-ring (bicyclic) bond motifs is 1. The molecule has 3 heterocycles. The number of hydrogen-bond acceptors (Lipinski definition) is 5. The predicted molar refractivity (Wildman–Crippen MR) is 153 cm³/mol. The summed E-state index contributed by atoms with van der Waals surface area (Å²) in [4.78, 5) is 17.9. The molecule has 0 spiro atoms. The molecular formula is C28H24Cl2FN5O3S. The zero-order chi connectivity index (χ0) is 28.6. The molecule has 1 aliphatic heterocycles. The van der Waals surface area contributed by atoms with Crippen molar-refractivity contribution >= 4 is 50.8 Å². The fourth-order valence-corrected chi connectivity index (χ4v) is 5.74. The summed E-state index contributed by atoms with van der Waals surface area (Å²) in [6.07, 6.45) is 4.49. The fraction of sp³-hybridized carbons (Fsp3) is 0.179. The molecule has 40 heavy (non-hydrogen) atoms. The predicted octanol–water partition coefficient (Wildman–Crippen LogP) is 5.52. The Balaban J connectivity index is 1.70. The lowest BCUT2D eigenvalue weighted by Crippen LogP contribution is -2.36. The highest BCUT2D eigenvalue weighted by atomic mass is 35.5. The number of halogens is 3. The van der Waals surface area contributed by atoms with Crippen molar-refractivity contribution in [3.8, 4) is 5.69 Å². The van der Waals surface area contributed by atoms with Crippen LogP contribution in [0.5, 0.6) is 0 Å². The molecule has 206 valence electrons. The maximum absolute atomic E-state index is 13.6. The maximum Gasteiger partial charge on any atom is 0.272 e. The first-order valence-electron chi connectivity index (χ1n) is 12.2. The Morgan fingerprint density at radius 3 is 2.50 bits per heavy atom. The molecule has 0 bridgehead atoms. The van der Waals surface area contributed by atoms with E-state index in [0.29, 0.717) is 43.8 Å². The minimum atomic E-state index is -3.67. The van der Waals surface area contributed by atoms with Crippen LogP contribution in [0.15, 0.2) is 66.9 Å². The van der Waals surface area contributed by atoms with Crippen molar-refractivity contribution in [3.05, 3.63) is 111 Å². The van der Waals surface area contributed by atoms with Gasteiger partial charge in [-0.05, 0) is 66.6 Å². The second-order valence-corrected chi connectivity index (χ2v) is 12.2. The van der Waals surface area contributed by atoms with Gasteiger partial charge in [0, 0.05) is 29.9 Å². The number of aromatic nitrogens is 3. The van der Waals surface area contributed by atoms with Crippen molar-refractivity contribution in [1.82, 2.24) is 24.4 Å². The average Bonchev–Trinajstić information content (AvgIpc) is 3.30. The van der Waals surface area contributed by atoms with E-state index in [1.54, 1.807) is 61.7 Å². The summed E-state index contributed by atoms with van der Waals surface area (Å²) in [5, 5.41) is 8.28. The van der Waals surface area contributed by atoms with Gasteiger partial charge in [-0.3, -0.25) is 9.78 Å². The summed E-state index contributed by atoms with van der Waals surface area (Å²) < 4.78 is 41.9. The summed E-state index contributed by atoms with van der Waals surface area (Å²) >= 11 is 12.7. The highest BCUT2D eigenvalue weighted by Crippen LogP contribution is 2.36. The SMILES string of the molecule is C[C@@H](NC(=O)c1nn(-c2ccc(Cl)cc2Cl)c2c1CN(S(C)(=O)=O)C/C2=C\c1ccc(F)cc1)c1ccccn1. The third-order valence-corrected chi connectivity index (χ3v) is 8.21. The van der Waals surface area contributed by atoms with Crippen LogP contribution in [-0.4, -0.2) is 46.2 Å². The van der Waals surface area contributed by atoms with Gasteiger partial charge in [-0.1, -0.05) is 41.4 Å². The Bertz CT molecular complexity index is 1720. The van der Waals surface area contributed by atoms with E-state index < -0.39 is 27.8 Å². The van der Waals surface area contributed by atoms with E-state index in [1.807, 2.05) is 6.07 Å². The fourth-order valence-electron chi connectivity index (χ4n) is 4.52. The number of hydrogen-bond donors (Lipinski definition) is 1. The number of rotatable bonds is 6. The van der Waals surface area contributed by atoms with E-state index in [-0.39, 0.29) is 18.8 Å². The highest BCUT2D eigenvalue weighted by Gasteiger charge is 2.35. The summed E-state index contributed by atoms with van der Waals surface area (Å²) in [5.74, 6) is -0.905. The zero-order valence-electron chi connectivity index (χ0n) is 21.5. The van der Waals surface area contributed by atoms with Crippen LogP contribution in [0.1, 0.15) is 46.0 Å². The van der Waals surface area contributed by atoms with E-state index >= 15 is 0 Å². The maximum atomic E-state index is 13.6. The van der Waals surface area contributed by atoms with Crippen molar-refractivity contribution in [2.45, 2.75) is 19.5 Å².